The van der Waals surface area contributed by atoms with E-state index in [1.807, 2.05) is 51.1 Å². The highest BCUT2D eigenvalue weighted by molar-refractivity contribution is 6.30. The number of rotatable bonds is 1. The Morgan fingerprint density at radius 1 is 1.50 bits per heavy atom. The van der Waals surface area contributed by atoms with E-state index in [9.17, 15) is 4.79 Å². The molecule has 2 rings (SSSR count). The van der Waals surface area contributed by atoms with Crippen LogP contribution in [-0.2, 0) is 4.74 Å². The van der Waals surface area contributed by atoms with Gasteiger partial charge in [0.25, 0.3) is 0 Å². The van der Waals surface area contributed by atoms with Crippen molar-refractivity contribution in [3.8, 4) is 11.8 Å². The van der Waals surface area contributed by atoms with Crippen LogP contribution in [0, 0.1) is 11.8 Å². The van der Waals surface area contributed by atoms with Crippen molar-refractivity contribution in [1.82, 2.24) is 4.90 Å². The van der Waals surface area contributed by atoms with Crippen LogP contribution in [0.1, 0.15) is 32.8 Å². The molecule has 1 aliphatic rings. The Hall–Kier alpha value is -1.92. The molecule has 3 nitrogen and oxygen atoms in total. The van der Waals surface area contributed by atoms with E-state index in [0.29, 0.717) is 18.2 Å². The van der Waals surface area contributed by atoms with Gasteiger partial charge in [-0.15, -0.1) is 0 Å². The fourth-order valence-corrected chi connectivity index (χ4v) is 2.72. The second-order valence-corrected chi connectivity index (χ2v) is 6.05. The van der Waals surface area contributed by atoms with E-state index >= 15 is 0 Å². The SMILES string of the molecule is CCOC(=O)N1CC/C(=C\C#Cc2cccc(Cl)c2)C1(C)C. The molecular formula is C18H20ClNO2. The summed E-state index contributed by atoms with van der Waals surface area (Å²) < 4.78 is 5.11. The minimum Gasteiger partial charge on any atom is -0.450 e. The van der Waals surface area contributed by atoms with Gasteiger partial charge in [-0.3, -0.25) is 4.90 Å². The predicted octanol–water partition coefficient (Wildman–Crippen LogP) is 4.26. The molecule has 0 aliphatic carbocycles. The quantitative estimate of drug-likeness (QED) is 0.724. The molecule has 0 bridgehead atoms. The number of benzene rings is 1. The molecule has 0 unspecified atom stereocenters. The van der Waals surface area contributed by atoms with Crippen LogP contribution in [-0.4, -0.2) is 29.7 Å². The largest absolute Gasteiger partial charge is 0.450 e. The maximum Gasteiger partial charge on any atom is 0.410 e. The average molecular weight is 318 g/mol. The standard InChI is InChI=1S/C18H20ClNO2/c1-4-22-17(21)20-12-11-15(18(20,2)3)9-5-7-14-8-6-10-16(19)13-14/h6,8-10,13H,4,11-12H2,1-3H3/b15-9+. The van der Waals surface area contributed by atoms with Crippen molar-refractivity contribution in [2.24, 2.45) is 0 Å². The number of ether oxygens (including phenoxy) is 1. The first kappa shape index (κ1) is 16.5. The van der Waals surface area contributed by atoms with Gasteiger partial charge in [-0.2, -0.15) is 0 Å². The number of carbonyl (C=O) groups is 1. The van der Waals surface area contributed by atoms with Gasteiger partial charge in [0.05, 0.1) is 12.1 Å². The van der Waals surface area contributed by atoms with Gasteiger partial charge in [-0.1, -0.05) is 29.5 Å². The maximum atomic E-state index is 12.0. The lowest BCUT2D eigenvalue weighted by Gasteiger charge is -2.31. The Kier molecular flexibility index (Phi) is 5.15. The zero-order valence-electron chi connectivity index (χ0n) is 13.1. The Morgan fingerprint density at radius 2 is 2.27 bits per heavy atom. The van der Waals surface area contributed by atoms with Gasteiger partial charge in [0, 0.05) is 17.1 Å². The van der Waals surface area contributed by atoms with Crippen molar-refractivity contribution < 1.29 is 9.53 Å². The van der Waals surface area contributed by atoms with Crippen molar-refractivity contribution in [3.63, 3.8) is 0 Å². The average Bonchev–Trinajstić information content (AvgIpc) is 2.74. The Balaban J connectivity index is 2.15. The Labute approximate surface area is 136 Å². The first-order chi connectivity index (χ1) is 10.4. The molecule has 0 spiro atoms. The van der Waals surface area contributed by atoms with Gasteiger partial charge in [-0.05, 0) is 57.0 Å². The summed E-state index contributed by atoms with van der Waals surface area (Å²) in [6, 6.07) is 7.45. The number of likely N-dealkylation sites (tertiary alicyclic amines) is 1. The van der Waals surface area contributed by atoms with Crippen molar-refractivity contribution >= 4 is 17.7 Å². The van der Waals surface area contributed by atoms with Gasteiger partial charge >= 0.3 is 6.09 Å². The molecule has 0 aromatic heterocycles. The van der Waals surface area contributed by atoms with Crippen LogP contribution in [0.2, 0.25) is 5.02 Å². The molecule has 1 aliphatic heterocycles. The van der Waals surface area contributed by atoms with E-state index in [2.05, 4.69) is 11.8 Å². The summed E-state index contributed by atoms with van der Waals surface area (Å²) in [4.78, 5) is 13.7. The molecule has 1 saturated heterocycles. The minimum absolute atomic E-state index is 0.265. The molecule has 22 heavy (non-hydrogen) atoms. The van der Waals surface area contributed by atoms with Crippen LogP contribution in [0.5, 0.6) is 0 Å². The molecule has 0 atom stereocenters. The molecule has 1 heterocycles. The summed E-state index contributed by atoms with van der Waals surface area (Å²) in [6.45, 7) is 6.90. The zero-order chi connectivity index (χ0) is 16.2. The van der Waals surface area contributed by atoms with E-state index in [0.717, 1.165) is 17.6 Å². The van der Waals surface area contributed by atoms with Crippen LogP contribution in [0.15, 0.2) is 35.9 Å². The molecular weight excluding hydrogens is 298 g/mol. The molecule has 0 saturated carbocycles. The molecule has 4 heteroatoms. The highest BCUT2D eigenvalue weighted by Crippen LogP contribution is 2.34. The van der Waals surface area contributed by atoms with Gasteiger partial charge in [0.2, 0.25) is 0 Å². The van der Waals surface area contributed by atoms with Crippen LogP contribution < -0.4 is 0 Å². The molecule has 1 amide bonds. The second kappa shape index (κ2) is 6.89. The lowest BCUT2D eigenvalue weighted by Crippen LogP contribution is -2.43. The lowest BCUT2D eigenvalue weighted by atomic mass is 9.95. The number of hydrogen-bond acceptors (Lipinski definition) is 2. The zero-order valence-corrected chi connectivity index (χ0v) is 13.9. The Bertz CT molecular complexity index is 653. The fourth-order valence-electron chi connectivity index (χ4n) is 2.53. The van der Waals surface area contributed by atoms with E-state index in [1.165, 1.54) is 0 Å². The number of allylic oxidation sites excluding steroid dienone is 1. The minimum atomic E-state index is -0.366. The van der Waals surface area contributed by atoms with E-state index in [4.69, 9.17) is 16.3 Å². The Morgan fingerprint density at radius 3 is 2.95 bits per heavy atom. The van der Waals surface area contributed by atoms with Crippen molar-refractivity contribution in [1.29, 1.82) is 0 Å². The number of halogens is 1. The van der Waals surface area contributed by atoms with Crippen molar-refractivity contribution in [3.05, 3.63) is 46.5 Å². The third-order valence-corrected chi connectivity index (χ3v) is 4.08. The molecule has 1 aromatic rings. The molecule has 1 fully saturated rings. The van der Waals surface area contributed by atoms with E-state index < -0.39 is 0 Å². The molecule has 1 aromatic carbocycles. The van der Waals surface area contributed by atoms with Gasteiger partial charge in [0.15, 0.2) is 0 Å². The molecule has 116 valence electrons. The summed E-state index contributed by atoms with van der Waals surface area (Å²) in [5.74, 6) is 6.14. The van der Waals surface area contributed by atoms with Crippen LogP contribution in [0.3, 0.4) is 0 Å². The summed E-state index contributed by atoms with van der Waals surface area (Å²) in [6.07, 6.45) is 2.45. The van der Waals surface area contributed by atoms with Crippen LogP contribution in [0.25, 0.3) is 0 Å². The number of amides is 1. The normalized spacial score (nSPS) is 18.0. The summed E-state index contributed by atoms with van der Waals surface area (Å²) >= 11 is 5.94. The van der Waals surface area contributed by atoms with Crippen LogP contribution in [0.4, 0.5) is 4.79 Å². The van der Waals surface area contributed by atoms with Crippen molar-refractivity contribution in [2.45, 2.75) is 32.7 Å². The molecule has 0 N–H and O–H groups in total. The first-order valence-electron chi connectivity index (χ1n) is 7.36. The maximum absolute atomic E-state index is 12.0. The highest BCUT2D eigenvalue weighted by atomic mass is 35.5. The highest BCUT2D eigenvalue weighted by Gasteiger charge is 2.40. The monoisotopic (exact) mass is 317 g/mol. The fraction of sp³-hybridized carbons (Fsp3) is 0.389. The van der Waals surface area contributed by atoms with Crippen LogP contribution >= 0.6 is 11.6 Å². The van der Waals surface area contributed by atoms with Gasteiger partial charge in [0.1, 0.15) is 0 Å². The third kappa shape index (κ3) is 3.64. The summed E-state index contributed by atoms with van der Waals surface area (Å²) in [7, 11) is 0. The lowest BCUT2D eigenvalue weighted by molar-refractivity contribution is 0.0902. The number of carbonyl (C=O) groups excluding carboxylic acids is 1. The van der Waals surface area contributed by atoms with Crippen molar-refractivity contribution in [2.75, 3.05) is 13.2 Å². The second-order valence-electron chi connectivity index (χ2n) is 5.61. The number of nitrogens with zero attached hydrogens (tertiary/aromatic N) is 1. The number of hydrogen-bond donors (Lipinski definition) is 0. The molecule has 0 radical (unpaired) electrons. The smallest absolute Gasteiger partial charge is 0.410 e. The summed E-state index contributed by atoms with van der Waals surface area (Å²) in [5.41, 5.74) is 1.65. The van der Waals surface area contributed by atoms with Gasteiger partial charge < -0.3 is 4.74 Å². The third-order valence-electron chi connectivity index (χ3n) is 3.84. The van der Waals surface area contributed by atoms with E-state index in [-0.39, 0.29) is 11.6 Å². The van der Waals surface area contributed by atoms with Gasteiger partial charge in [-0.25, -0.2) is 4.79 Å². The predicted molar refractivity (Wildman–Crippen MR) is 88.8 cm³/mol. The first-order valence-corrected chi connectivity index (χ1v) is 7.74. The topological polar surface area (TPSA) is 29.5 Å². The summed E-state index contributed by atoms with van der Waals surface area (Å²) in [5, 5.41) is 0.675. The van der Waals surface area contributed by atoms with E-state index in [1.54, 1.807) is 4.90 Å².